The molecule has 0 atom stereocenters. The Hall–Kier alpha value is -3.08. The Bertz CT molecular complexity index is 938. The summed E-state index contributed by atoms with van der Waals surface area (Å²) < 4.78 is 5.97. The number of nitro benzene ring substituents is 1. The highest BCUT2D eigenvalue weighted by Gasteiger charge is 2.20. The number of furan rings is 1. The Balaban J connectivity index is 2.17. The van der Waals surface area contributed by atoms with Gasteiger partial charge in [0.05, 0.1) is 4.92 Å². The van der Waals surface area contributed by atoms with Gasteiger partial charge in [-0.15, -0.1) is 0 Å². The third-order valence-electron chi connectivity index (χ3n) is 4.23. The van der Waals surface area contributed by atoms with E-state index in [1.165, 1.54) is 12.1 Å². The number of aromatic hydroxyl groups is 1. The SMILES string of the molecule is C=C(c1ccc(O)cc1)c1c(CCCC)oc2ccc([N+](=O)[O-])cc12. The fourth-order valence-corrected chi connectivity index (χ4v) is 2.90. The molecule has 0 saturated heterocycles. The Labute approximate surface area is 145 Å². The molecule has 0 unspecified atom stereocenters. The highest BCUT2D eigenvalue weighted by Crippen LogP contribution is 2.37. The first kappa shape index (κ1) is 16.8. The summed E-state index contributed by atoms with van der Waals surface area (Å²) in [6, 6.07) is 11.4. The second-order valence-corrected chi connectivity index (χ2v) is 5.97. The lowest BCUT2D eigenvalue weighted by molar-refractivity contribution is -0.384. The Morgan fingerprint density at radius 2 is 1.96 bits per heavy atom. The van der Waals surface area contributed by atoms with Crippen LogP contribution < -0.4 is 0 Å². The normalized spacial score (nSPS) is 10.9. The van der Waals surface area contributed by atoms with Crippen molar-refractivity contribution in [3.05, 3.63) is 76.0 Å². The van der Waals surface area contributed by atoms with E-state index in [9.17, 15) is 15.2 Å². The standard InChI is InChI=1S/C20H19NO4/c1-3-4-5-19-20(13(2)14-6-9-16(22)10-7-14)17-12-15(21(23)24)8-11-18(17)25-19/h6-12,22H,2-5H2,1H3. The molecule has 0 fully saturated rings. The van der Waals surface area contributed by atoms with E-state index < -0.39 is 4.92 Å². The second-order valence-electron chi connectivity index (χ2n) is 5.97. The van der Waals surface area contributed by atoms with Gasteiger partial charge < -0.3 is 9.52 Å². The molecule has 0 saturated carbocycles. The zero-order chi connectivity index (χ0) is 18.0. The van der Waals surface area contributed by atoms with Gasteiger partial charge in [-0.1, -0.05) is 32.1 Å². The van der Waals surface area contributed by atoms with Crippen LogP contribution in [0.5, 0.6) is 5.75 Å². The average Bonchev–Trinajstić information content (AvgIpc) is 2.97. The average molecular weight is 337 g/mol. The number of non-ortho nitro benzene ring substituents is 1. The van der Waals surface area contributed by atoms with Crippen LogP contribution in [0.2, 0.25) is 0 Å². The number of nitrogens with zero attached hydrogens (tertiary/aromatic N) is 1. The number of phenols is 1. The predicted octanol–water partition coefficient (Wildman–Crippen LogP) is 5.45. The number of nitro groups is 1. The molecule has 128 valence electrons. The van der Waals surface area contributed by atoms with Gasteiger partial charge in [-0.05, 0) is 35.8 Å². The van der Waals surface area contributed by atoms with Crippen LogP contribution in [0.3, 0.4) is 0 Å². The lowest BCUT2D eigenvalue weighted by atomic mass is 9.95. The number of benzene rings is 2. The maximum atomic E-state index is 11.1. The lowest BCUT2D eigenvalue weighted by Crippen LogP contribution is -1.92. The third kappa shape index (κ3) is 3.26. The molecule has 0 radical (unpaired) electrons. The van der Waals surface area contributed by atoms with Gasteiger partial charge in [-0.2, -0.15) is 0 Å². The van der Waals surface area contributed by atoms with Crippen molar-refractivity contribution in [3.63, 3.8) is 0 Å². The molecule has 5 heteroatoms. The lowest BCUT2D eigenvalue weighted by Gasteiger charge is -2.08. The van der Waals surface area contributed by atoms with E-state index in [1.54, 1.807) is 30.3 Å². The molecule has 0 aliphatic heterocycles. The molecule has 3 rings (SSSR count). The van der Waals surface area contributed by atoms with Crippen LogP contribution in [0.4, 0.5) is 5.69 Å². The van der Waals surface area contributed by atoms with Crippen LogP contribution in [0.25, 0.3) is 16.5 Å². The quantitative estimate of drug-likeness (QED) is 0.479. The van der Waals surface area contributed by atoms with Crippen molar-refractivity contribution < 1.29 is 14.4 Å². The summed E-state index contributed by atoms with van der Waals surface area (Å²) in [5.41, 5.74) is 3.01. The summed E-state index contributed by atoms with van der Waals surface area (Å²) >= 11 is 0. The number of rotatable bonds is 6. The summed E-state index contributed by atoms with van der Waals surface area (Å²) in [6.45, 7) is 6.28. The summed E-state index contributed by atoms with van der Waals surface area (Å²) in [5, 5.41) is 21.3. The van der Waals surface area contributed by atoms with Gasteiger partial charge in [0, 0.05) is 29.5 Å². The number of unbranched alkanes of at least 4 members (excludes halogenated alkanes) is 1. The van der Waals surface area contributed by atoms with Gasteiger partial charge in [0.2, 0.25) is 0 Å². The van der Waals surface area contributed by atoms with Gasteiger partial charge in [-0.3, -0.25) is 10.1 Å². The topological polar surface area (TPSA) is 76.5 Å². The minimum absolute atomic E-state index is 0.0232. The smallest absolute Gasteiger partial charge is 0.270 e. The first-order valence-electron chi connectivity index (χ1n) is 8.19. The minimum Gasteiger partial charge on any atom is -0.508 e. The fourth-order valence-electron chi connectivity index (χ4n) is 2.90. The molecule has 5 nitrogen and oxygen atoms in total. The molecular formula is C20H19NO4. The van der Waals surface area contributed by atoms with E-state index in [4.69, 9.17) is 4.42 Å². The van der Waals surface area contributed by atoms with Crippen LogP contribution in [0.1, 0.15) is 36.7 Å². The molecule has 0 amide bonds. The van der Waals surface area contributed by atoms with Crippen LogP contribution in [-0.2, 0) is 6.42 Å². The van der Waals surface area contributed by atoms with E-state index in [-0.39, 0.29) is 11.4 Å². The maximum Gasteiger partial charge on any atom is 0.270 e. The second kappa shape index (κ2) is 6.81. The Kier molecular flexibility index (Phi) is 4.57. The zero-order valence-corrected chi connectivity index (χ0v) is 14.0. The monoisotopic (exact) mass is 337 g/mol. The molecule has 2 aromatic carbocycles. The van der Waals surface area contributed by atoms with Crippen LogP contribution in [0, 0.1) is 10.1 Å². The fraction of sp³-hybridized carbons (Fsp3) is 0.200. The van der Waals surface area contributed by atoms with Crippen LogP contribution >= 0.6 is 0 Å². The summed E-state index contributed by atoms with van der Waals surface area (Å²) in [4.78, 5) is 10.7. The van der Waals surface area contributed by atoms with Crippen LogP contribution in [-0.4, -0.2) is 10.0 Å². The van der Waals surface area contributed by atoms with Crippen molar-refractivity contribution in [2.45, 2.75) is 26.2 Å². The molecule has 0 bridgehead atoms. The van der Waals surface area contributed by atoms with Gasteiger partial charge in [-0.25, -0.2) is 0 Å². The first-order valence-corrected chi connectivity index (χ1v) is 8.19. The van der Waals surface area contributed by atoms with Gasteiger partial charge in [0.25, 0.3) is 5.69 Å². The summed E-state index contributed by atoms with van der Waals surface area (Å²) in [7, 11) is 0. The first-order chi connectivity index (χ1) is 12.0. The van der Waals surface area contributed by atoms with Gasteiger partial charge in [0.15, 0.2) is 0 Å². The molecule has 0 aliphatic carbocycles. The van der Waals surface area contributed by atoms with Crippen molar-refractivity contribution in [3.8, 4) is 5.75 Å². The van der Waals surface area contributed by atoms with E-state index >= 15 is 0 Å². The largest absolute Gasteiger partial charge is 0.508 e. The van der Waals surface area contributed by atoms with Gasteiger partial charge in [0.1, 0.15) is 17.1 Å². The number of hydrogen-bond donors (Lipinski definition) is 1. The predicted molar refractivity (Wildman–Crippen MR) is 97.7 cm³/mol. The molecule has 1 N–H and O–H groups in total. The summed E-state index contributed by atoms with van der Waals surface area (Å²) in [6.07, 6.45) is 2.71. The van der Waals surface area contributed by atoms with Crippen molar-refractivity contribution in [1.82, 2.24) is 0 Å². The molecule has 0 spiro atoms. The maximum absolute atomic E-state index is 11.1. The highest BCUT2D eigenvalue weighted by atomic mass is 16.6. The number of fused-ring (bicyclic) bond motifs is 1. The van der Waals surface area contributed by atoms with E-state index in [2.05, 4.69) is 13.5 Å². The zero-order valence-electron chi connectivity index (χ0n) is 14.0. The molecule has 25 heavy (non-hydrogen) atoms. The third-order valence-corrected chi connectivity index (χ3v) is 4.23. The molecular weight excluding hydrogens is 318 g/mol. The highest BCUT2D eigenvalue weighted by molar-refractivity contribution is 5.97. The minimum atomic E-state index is -0.411. The van der Waals surface area contributed by atoms with Crippen molar-refractivity contribution in [2.75, 3.05) is 0 Å². The van der Waals surface area contributed by atoms with Crippen molar-refractivity contribution >= 4 is 22.2 Å². The summed E-state index contributed by atoms with van der Waals surface area (Å²) in [5.74, 6) is 0.964. The van der Waals surface area contributed by atoms with E-state index in [0.29, 0.717) is 11.0 Å². The van der Waals surface area contributed by atoms with Crippen molar-refractivity contribution in [1.29, 1.82) is 0 Å². The van der Waals surface area contributed by atoms with Gasteiger partial charge >= 0.3 is 0 Å². The molecule has 1 aromatic heterocycles. The Morgan fingerprint density at radius 3 is 2.60 bits per heavy atom. The number of phenolic OH excluding ortho intramolecular Hbond substituents is 1. The number of hydrogen-bond acceptors (Lipinski definition) is 4. The molecule has 1 heterocycles. The number of aryl methyl sites for hydroxylation is 1. The van der Waals surface area contributed by atoms with Crippen LogP contribution in [0.15, 0.2) is 53.5 Å². The molecule has 3 aromatic rings. The van der Waals surface area contributed by atoms with Crippen molar-refractivity contribution in [2.24, 2.45) is 0 Å². The molecule has 0 aliphatic rings. The Morgan fingerprint density at radius 1 is 1.24 bits per heavy atom. The van der Waals surface area contributed by atoms with E-state index in [0.717, 1.165) is 41.7 Å². The van der Waals surface area contributed by atoms with E-state index in [1.807, 2.05) is 0 Å².